The van der Waals surface area contributed by atoms with Crippen molar-refractivity contribution in [2.24, 2.45) is 0 Å². The molecule has 258 valence electrons. The van der Waals surface area contributed by atoms with Gasteiger partial charge in [0.1, 0.15) is 0 Å². The molecule has 2 N–H and O–H groups in total. The van der Waals surface area contributed by atoms with Crippen molar-refractivity contribution in [3.8, 4) is 0 Å². The number of hydrogen-bond acceptors (Lipinski definition) is 4. The Morgan fingerprint density at radius 2 is 0.909 bits per heavy atom. The minimum atomic E-state index is -2.22. The van der Waals surface area contributed by atoms with Crippen LogP contribution in [0, 0.1) is 0 Å². The van der Waals surface area contributed by atoms with Crippen molar-refractivity contribution < 1.29 is 24.6 Å². The fourth-order valence-corrected chi connectivity index (χ4v) is 6.24. The fourth-order valence-electron chi connectivity index (χ4n) is 5.78. The standard InChI is InChI=1S/C37H70NO5P/c1-3-5-7-9-11-13-15-17-18-20-22-24-26-28-30-32-35(41)38(44)37(33-39,36(42)43)34(40)31-29-27-25-23-21-19-16-14-12-10-8-6-4-2/h17-18,39H,3-16,19-33,44H2,1-2H3,(H,42,43)/b18-17-. The van der Waals surface area contributed by atoms with Gasteiger partial charge in [-0.3, -0.25) is 9.59 Å². The molecule has 7 heteroatoms. The minimum absolute atomic E-state index is 0.0518. The van der Waals surface area contributed by atoms with Crippen LogP contribution in [0.15, 0.2) is 12.2 Å². The molecule has 0 rings (SSSR count). The lowest BCUT2D eigenvalue weighted by Crippen LogP contribution is -2.60. The van der Waals surface area contributed by atoms with Crippen molar-refractivity contribution in [2.75, 3.05) is 6.61 Å². The summed E-state index contributed by atoms with van der Waals surface area (Å²) in [6.07, 6.45) is 35.1. The molecular formula is C37H70NO5P. The Hall–Kier alpha value is -1.26. The zero-order valence-corrected chi connectivity index (χ0v) is 30.0. The van der Waals surface area contributed by atoms with Crippen LogP contribution < -0.4 is 0 Å². The highest BCUT2D eigenvalue weighted by Crippen LogP contribution is 2.26. The van der Waals surface area contributed by atoms with Crippen LogP contribution in [0.25, 0.3) is 0 Å². The van der Waals surface area contributed by atoms with Crippen molar-refractivity contribution in [1.29, 1.82) is 0 Å². The first kappa shape index (κ1) is 42.7. The molecule has 0 bridgehead atoms. The molecule has 0 heterocycles. The molecule has 0 aliphatic rings. The Labute approximate surface area is 273 Å². The van der Waals surface area contributed by atoms with Crippen LogP contribution in [-0.4, -0.2) is 44.7 Å². The fraction of sp³-hybridized carbons (Fsp3) is 0.865. The molecule has 0 aromatic carbocycles. The van der Waals surface area contributed by atoms with E-state index in [-0.39, 0.29) is 12.8 Å². The van der Waals surface area contributed by atoms with Crippen LogP contribution in [0.3, 0.4) is 0 Å². The van der Waals surface area contributed by atoms with Gasteiger partial charge < -0.3 is 14.9 Å². The predicted octanol–water partition coefficient (Wildman–Crippen LogP) is 10.5. The third-order valence-corrected chi connectivity index (χ3v) is 9.61. The highest BCUT2D eigenvalue weighted by Gasteiger charge is 2.50. The van der Waals surface area contributed by atoms with Crippen LogP contribution in [-0.2, 0) is 14.4 Å². The third-order valence-electron chi connectivity index (χ3n) is 8.88. The van der Waals surface area contributed by atoms with E-state index in [1.807, 2.05) is 0 Å². The topological polar surface area (TPSA) is 94.9 Å². The average Bonchev–Trinajstić information content (AvgIpc) is 3.01. The van der Waals surface area contributed by atoms with E-state index in [0.29, 0.717) is 12.8 Å². The van der Waals surface area contributed by atoms with Gasteiger partial charge >= 0.3 is 5.97 Å². The molecule has 0 saturated heterocycles. The highest BCUT2D eigenvalue weighted by atomic mass is 31.0. The molecule has 0 aromatic heterocycles. The molecule has 0 aliphatic heterocycles. The molecule has 2 unspecified atom stereocenters. The van der Waals surface area contributed by atoms with Crippen molar-refractivity contribution >= 4 is 27.1 Å². The number of ketones is 1. The van der Waals surface area contributed by atoms with Crippen LogP contribution in [0.2, 0.25) is 0 Å². The normalized spacial score (nSPS) is 12.9. The molecule has 6 nitrogen and oxygen atoms in total. The molecule has 0 fully saturated rings. The zero-order chi connectivity index (χ0) is 32.7. The largest absolute Gasteiger partial charge is 0.479 e. The first-order valence-electron chi connectivity index (χ1n) is 18.5. The molecule has 0 aliphatic carbocycles. The van der Waals surface area contributed by atoms with Gasteiger partial charge in [-0.05, 0) is 47.9 Å². The lowest BCUT2D eigenvalue weighted by molar-refractivity contribution is -0.161. The molecule has 1 amide bonds. The molecule has 44 heavy (non-hydrogen) atoms. The van der Waals surface area contributed by atoms with Gasteiger partial charge in [-0.25, -0.2) is 4.79 Å². The van der Waals surface area contributed by atoms with E-state index in [2.05, 4.69) is 35.4 Å². The predicted molar refractivity (Wildman–Crippen MR) is 189 cm³/mol. The van der Waals surface area contributed by atoms with E-state index < -0.39 is 29.8 Å². The Bertz CT molecular complexity index is 743. The first-order valence-corrected chi connectivity index (χ1v) is 19.0. The maximum absolute atomic E-state index is 13.0. The number of hydrogen-bond donors (Lipinski definition) is 2. The zero-order valence-electron chi connectivity index (χ0n) is 28.8. The molecule has 2 atom stereocenters. The van der Waals surface area contributed by atoms with Crippen molar-refractivity contribution in [2.45, 2.75) is 199 Å². The van der Waals surface area contributed by atoms with Gasteiger partial charge in [0.2, 0.25) is 11.4 Å². The molecule has 0 spiro atoms. The number of allylic oxidation sites excluding steroid dienone is 2. The summed E-state index contributed by atoms with van der Waals surface area (Å²) < 4.78 is 0.911. The third kappa shape index (κ3) is 20.7. The second-order valence-corrected chi connectivity index (χ2v) is 13.4. The maximum atomic E-state index is 13.0. The molecule has 0 aromatic rings. The number of carbonyl (C=O) groups is 3. The quantitative estimate of drug-likeness (QED) is 0.0322. The smallest absolute Gasteiger partial charge is 0.340 e. The summed E-state index contributed by atoms with van der Waals surface area (Å²) in [5.74, 6) is -2.49. The van der Waals surface area contributed by atoms with E-state index in [1.165, 1.54) is 103 Å². The number of aliphatic hydroxyl groups is 1. The van der Waals surface area contributed by atoms with Gasteiger partial charge in [-0.2, -0.15) is 0 Å². The number of nitrogens with zero attached hydrogens (tertiary/aromatic N) is 1. The highest BCUT2D eigenvalue weighted by molar-refractivity contribution is 7.15. The number of aliphatic carboxylic acids is 1. The maximum Gasteiger partial charge on any atom is 0.340 e. The van der Waals surface area contributed by atoms with E-state index in [1.54, 1.807) is 0 Å². The number of amides is 1. The number of carbonyl (C=O) groups excluding carboxylic acids is 2. The van der Waals surface area contributed by atoms with E-state index in [0.717, 1.165) is 56.0 Å². The Balaban J connectivity index is 4.15. The second kappa shape index (κ2) is 30.4. The van der Waals surface area contributed by atoms with Crippen LogP contribution in [0.1, 0.15) is 194 Å². The Morgan fingerprint density at radius 3 is 1.27 bits per heavy atom. The monoisotopic (exact) mass is 639 g/mol. The summed E-state index contributed by atoms with van der Waals surface area (Å²) >= 11 is 0. The van der Waals surface area contributed by atoms with Gasteiger partial charge in [-0.1, -0.05) is 154 Å². The number of unbranched alkanes of at least 4 members (excludes halogenated alkanes) is 23. The summed E-state index contributed by atoms with van der Waals surface area (Å²) in [6.45, 7) is 3.57. The summed E-state index contributed by atoms with van der Waals surface area (Å²) in [7, 11) is 2.12. The van der Waals surface area contributed by atoms with Crippen LogP contribution in [0.4, 0.5) is 0 Å². The van der Waals surface area contributed by atoms with E-state index >= 15 is 0 Å². The lowest BCUT2D eigenvalue weighted by atomic mass is 9.90. The van der Waals surface area contributed by atoms with Crippen molar-refractivity contribution in [3.63, 3.8) is 0 Å². The number of Topliss-reactive ketones (excluding diaryl/α,β-unsaturated/α-hetero) is 1. The summed E-state index contributed by atoms with van der Waals surface area (Å²) in [5, 5.41) is 20.0. The number of carboxylic acid groups (broad SMARTS) is 1. The number of aliphatic hydroxyl groups excluding tert-OH is 1. The Morgan fingerprint density at radius 1 is 0.568 bits per heavy atom. The average molecular weight is 640 g/mol. The van der Waals surface area contributed by atoms with E-state index in [9.17, 15) is 24.6 Å². The second-order valence-electron chi connectivity index (χ2n) is 12.8. The Kier molecular flexibility index (Phi) is 29.5. The summed E-state index contributed by atoms with van der Waals surface area (Å²) in [6, 6.07) is 0. The van der Waals surface area contributed by atoms with Crippen molar-refractivity contribution in [3.05, 3.63) is 12.2 Å². The van der Waals surface area contributed by atoms with Gasteiger partial charge in [0.25, 0.3) is 0 Å². The number of carboxylic acids is 1. The van der Waals surface area contributed by atoms with Gasteiger partial charge in [0.15, 0.2) is 5.78 Å². The summed E-state index contributed by atoms with van der Waals surface area (Å²) in [5.41, 5.74) is -2.22. The van der Waals surface area contributed by atoms with Crippen LogP contribution >= 0.6 is 9.39 Å². The molecule has 0 saturated carbocycles. The van der Waals surface area contributed by atoms with Gasteiger partial charge in [0, 0.05) is 12.8 Å². The first-order chi connectivity index (χ1) is 21.4. The molecule has 0 radical (unpaired) electrons. The lowest BCUT2D eigenvalue weighted by Gasteiger charge is -2.35. The van der Waals surface area contributed by atoms with Gasteiger partial charge in [-0.15, -0.1) is 0 Å². The van der Waals surface area contributed by atoms with Crippen molar-refractivity contribution in [1.82, 2.24) is 4.67 Å². The SMILES string of the molecule is CCCCCCCC/C=C\CCCCCCCC(=O)N(P)C(CO)(C(=O)O)C(=O)CCCCCCCCCCCCCCC. The van der Waals surface area contributed by atoms with E-state index in [4.69, 9.17) is 0 Å². The molecular weight excluding hydrogens is 569 g/mol. The van der Waals surface area contributed by atoms with Crippen LogP contribution in [0.5, 0.6) is 0 Å². The van der Waals surface area contributed by atoms with Gasteiger partial charge in [0.05, 0.1) is 6.61 Å². The summed E-state index contributed by atoms with van der Waals surface area (Å²) in [4.78, 5) is 38.1. The number of rotatable bonds is 33. The minimum Gasteiger partial charge on any atom is -0.479 e.